The fraction of sp³-hybridized carbons (Fsp3) is 0.167. The summed E-state index contributed by atoms with van der Waals surface area (Å²) in [5.74, 6) is 0.603. The lowest BCUT2D eigenvalue weighted by Crippen LogP contribution is -2.09. The molecule has 0 fully saturated rings. The molecule has 0 atom stereocenters. The van der Waals surface area contributed by atoms with Gasteiger partial charge in [0.05, 0.1) is 26.0 Å². The number of methoxy groups -OCH3 is 1. The van der Waals surface area contributed by atoms with Gasteiger partial charge in [-0.1, -0.05) is 54.6 Å². The Morgan fingerprint density at radius 3 is 2.50 bits per heavy atom. The van der Waals surface area contributed by atoms with E-state index in [-0.39, 0.29) is 0 Å². The molecule has 152 valence electrons. The molecule has 0 spiro atoms. The van der Waals surface area contributed by atoms with Crippen molar-refractivity contribution >= 4 is 16.5 Å². The Hall–Kier alpha value is -3.22. The summed E-state index contributed by atoms with van der Waals surface area (Å²) < 4.78 is 10.9. The van der Waals surface area contributed by atoms with Crippen LogP contribution in [0.15, 0.2) is 78.3 Å². The second-order valence-electron chi connectivity index (χ2n) is 6.64. The van der Waals surface area contributed by atoms with Crippen LogP contribution in [0.4, 0.5) is 5.13 Å². The quantitative estimate of drug-likeness (QED) is 0.364. The summed E-state index contributed by atoms with van der Waals surface area (Å²) >= 11 is 1.60. The van der Waals surface area contributed by atoms with Crippen molar-refractivity contribution in [1.29, 1.82) is 0 Å². The molecule has 6 heteroatoms. The third-order valence-electron chi connectivity index (χ3n) is 4.60. The van der Waals surface area contributed by atoms with Gasteiger partial charge >= 0.3 is 0 Å². The van der Waals surface area contributed by atoms with E-state index < -0.39 is 0 Å². The number of aromatic nitrogens is 2. The molecule has 1 N–H and O–H groups in total. The van der Waals surface area contributed by atoms with Gasteiger partial charge in [-0.2, -0.15) is 0 Å². The number of thiazole rings is 1. The molecule has 0 radical (unpaired) electrons. The Bertz CT molecular complexity index is 1070. The molecule has 4 aromatic rings. The Balaban J connectivity index is 1.38. The van der Waals surface area contributed by atoms with Gasteiger partial charge in [-0.15, -0.1) is 11.3 Å². The van der Waals surface area contributed by atoms with Crippen molar-refractivity contribution in [2.45, 2.75) is 6.61 Å². The van der Waals surface area contributed by atoms with E-state index in [1.54, 1.807) is 18.4 Å². The van der Waals surface area contributed by atoms with Crippen LogP contribution in [0.25, 0.3) is 22.4 Å². The average molecular weight is 418 g/mol. The minimum absolute atomic E-state index is 0.603. The van der Waals surface area contributed by atoms with Crippen LogP contribution in [-0.2, 0) is 11.3 Å². The summed E-state index contributed by atoms with van der Waals surface area (Å²) in [7, 11) is 1.62. The molecular formula is C24H23N3O2S. The summed E-state index contributed by atoms with van der Waals surface area (Å²) in [6.45, 7) is 1.96. The minimum Gasteiger partial charge on any atom is -0.481 e. The number of nitrogens with one attached hydrogen (secondary N) is 1. The van der Waals surface area contributed by atoms with Gasteiger partial charge in [-0.25, -0.2) is 9.97 Å². The molecule has 0 aliphatic carbocycles. The van der Waals surface area contributed by atoms with Crippen molar-refractivity contribution < 1.29 is 9.47 Å². The van der Waals surface area contributed by atoms with Crippen LogP contribution in [0.3, 0.4) is 0 Å². The van der Waals surface area contributed by atoms with Gasteiger partial charge in [0.2, 0.25) is 5.88 Å². The first-order chi connectivity index (χ1) is 14.8. The van der Waals surface area contributed by atoms with E-state index in [4.69, 9.17) is 14.5 Å². The van der Waals surface area contributed by atoms with Gasteiger partial charge in [-0.05, 0) is 17.2 Å². The van der Waals surface area contributed by atoms with Crippen molar-refractivity contribution in [2.24, 2.45) is 0 Å². The number of anilines is 1. The third kappa shape index (κ3) is 5.03. The van der Waals surface area contributed by atoms with E-state index in [0.29, 0.717) is 25.6 Å². The van der Waals surface area contributed by atoms with Crippen LogP contribution < -0.4 is 10.1 Å². The highest BCUT2D eigenvalue weighted by Crippen LogP contribution is 2.33. The maximum atomic E-state index is 5.73. The molecule has 0 aliphatic rings. The zero-order valence-corrected chi connectivity index (χ0v) is 17.6. The van der Waals surface area contributed by atoms with E-state index >= 15 is 0 Å². The van der Waals surface area contributed by atoms with Gasteiger partial charge in [0.15, 0.2) is 5.13 Å². The SMILES string of the molecule is COc1ccc(-c2ccccc2-c2csc(NCCOCc3ccccc3)n2)cn1. The van der Waals surface area contributed by atoms with Crippen molar-refractivity contribution in [3.05, 3.63) is 83.9 Å². The smallest absolute Gasteiger partial charge is 0.212 e. The number of rotatable bonds is 9. The Morgan fingerprint density at radius 1 is 0.933 bits per heavy atom. The van der Waals surface area contributed by atoms with Gasteiger partial charge in [0.25, 0.3) is 0 Å². The Morgan fingerprint density at radius 2 is 1.73 bits per heavy atom. The van der Waals surface area contributed by atoms with Crippen LogP contribution in [0.2, 0.25) is 0 Å². The maximum absolute atomic E-state index is 5.73. The van der Waals surface area contributed by atoms with Gasteiger partial charge in [-0.3, -0.25) is 0 Å². The fourth-order valence-electron chi connectivity index (χ4n) is 3.09. The highest BCUT2D eigenvalue weighted by molar-refractivity contribution is 7.14. The summed E-state index contributed by atoms with van der Waals surface area (Å²) in [4.78, 5) is 9.09. The molecule has 5 nitrogen and oxygen atoms in total. The predicted octanol–water partition coefficient (Wildman–Crippen LogP) is 5.51. The van der Waals surface area contributed by atoms with Gasteiger partial charge in [0, 0.05) is 35.3 Å². The molecule has 0 saturated heterocycles. The van der Waals surface area contributed by atoms with Crippen LogP contribution in [0.1, 0.15) is 5.56 Å². The monoisotopic (exact) mass is 417 g/mol. The molecule has 0 aliphatic heterocycles. The molecule has 2 aromatic carbocycles. The minimum atomic E-state index is 0.603. The lowest BCUT2D eigenvalue weighted by Gasteiger charge is -2.08. The molecular weight excluding hydrogens is 394 g/mol. The predicted molar refractivity (Wildman–Crippen MR) is 122 cm³/mol. The third-order valence-corrected chi connectivity index (χ3v) is 5.40. The number of nitrogens with zero attached hydrogens (tertiary/aromatic N) is 2. The van der Waals surface area contributed by atoms with E-state index in [2.05, 4.69) is 39.9 Å². The van der Waals surface area contributed by atoms with Crippen molar-refractivity contribution in [1.82, 2.24) is 9.97 Å². The summed E-state index contributed by atoms with van der Waals surface area (Å²) in [5.41, 5.74) is 5.32. The first-order valence-electron chi connectivity index (χ1n) is 9.74. The van der Waals surface area contributed by atoms with Crippen molar-refractivity contribution in [3.63, 3.8) is 0 Å². The van der Waals surface area contributed by atoms with E-state index in [1.807, 2.05) is 48.7 Å². The van der Waals surface area contributed by atoms with Crippen molar-refractivity contribution in [2.75, 3.05) is 25.6 Å². The molecule has 30 heavy (non-hydrogen) atoms. The summed E-state index contributed by atoms with van der Waals surface area (Å²) in [5, 5.41) is 6.31. The fourth-order valence-corrected chi connectivity index (χ4v) is 3.83. The highest BCUT2D eigenvalue weighted by Gasteiger charge is 2.11. The molecule has 0 amide bonds. The van der Waals surface area contributed by atoms with Crippen LogP contribution in [-0.4, -0.2) is 30.2 Å². The standard InChI is InChI=1S/C24H23N3O2S/c1-28-23-12-11-19(15-26-23)20-9-5-6-10-21(20)22-17-30-24(27-22)25-13-14-29-16-18-7-3-2-4-8-18/h2-12,15,17H,13-14,16H2,1H3,(H,25,27). The van der Waals surface area contributed by atoms with Gasteiger partial charge in [0.1, 0.15) is 0 Å². The van der Waals surface area contributed by atoms with Crippen LogP contribution >= 0.6 is 11.3 Å². The molecule has 2 heterocycles. The maximum Gasteiger partial charge on any atom is 0.212 e. The normalized spacial score (nSPS) is 10.7. The second-order valence-corrected chi connectivity index (χ2v) is 7.50. The molecule has 4 rings (SSSR count). The van der Waals surface area contributed by atoms with E-state index in [9.17, 15) is 0 Å². The lowest BCUT2D eigenvalue weighted by molar-refractivity contribution is 0.130. The summed E-state index contributed by atoms with van der Waals surface area (Å²) in [6, 6.07) is 22.3. The Kier molecular flexibility index (Phi) is 6.69. The molecule has 0 saturated carbocycles. The molecule has 2 aromatic heterocycles. The highest BCUT2D eigenvalue weighted by atomic mass is 32.1. The number of ether oxygens (including phenoxy) is 2. The number of pyridine rings is 1. The first kappa shape index (κ1) is 20.1. The summed E-state index contributed by atoms with van der Waals surface area (Å²) in [6.07, 6.45) is 1.83. The zero-order valence-electron chi connectivity index (χ0n) is 16.7. The lowest BCUT2D eigenvalue weighted by atomic mass is 9.99. The topological polar surface area (TPSA) is 56.3 Å². The van der Waals surface area contributed by atoms with E-state index in [0.717, 1.165) is 27.5 Å². The average Bonchev–Trinajstić information content (AvgIpc) is 3.28. The number of benzene rings is 2. The van der Waals surface area contributed by atoms with Gasteiger partial charge < -0.3 is 14.8 Å². The molecule has 0 unspecified atom stereocenters. The second kappa shape index (κ2) is 10.0. The van der Waals surface area contributed by atoms with E-state index in [1.165, 1.54) is 5.56 Å². The number of hydrogen-bond acceptors (Lipinski definition) is 6. The number of hydrogen-bond donors (Lipinski definition) is 1. The molecule has 0 bridgehead atoms. The van der Waals surface area contributed by atoms with Crippen molar-refractivity contribution in [3.8, 4) is 28.3 Å². The van der Waals surface area contributed by atoms with Crippen LogP contribution in [0, 0.1) is 0 Å². The zero-order chi connectivity index (χ0) is 20.6. The van der Waals surface area contributed by atoms with Crippen LogP contribution in [0.5, 0.6) is 5.88 Å². The first-order valence-corrected chi connectivity index (χ1v) is 10.6. The Labute approximate surface area is 180 Å². The largest absolute Gasteiger partial charge is 0.481 e.